The summed E-state index contributed by atoms with van der Waals surface area (Å²) < 4.78 is 6.13. The van der Waals surface area contributed by atoms with Gasteiger partial charge in [-0.1, -0.05) is 23.7 Å². The maximum atomic E-state index is 13.0. The Morgan fingerprint density at radius 2 is 2.00 bits per heavy atom. The van der Waals surface area contributed by atoms with Gasteiger partial charge in [-0.15, -0.1) is 0 Å². The molecular formula is C28H32ClN5O3. The quantitative estimate of drug-likeness (QED) is 0.385. The molecule has 1 amide bonds. The first kappa shape index (κ1) is 25.3. The highest BCUT2D eigenvalue weighted by Gasteiger charge is 2.52. The van der Waals surface area contributed by atoms with Crippen molar-refractivity contribution in [1.82, 2.24) is 15.3 Å². The van der Waals surface area contributed by atoms with Crippen LogP contribution in [0.25, 0.3) is 0 Å². The molecular weight excluding hydrogens is 490 g/mol. The third kappa shape index (κ3) is 5.36. The fourth-order valence-electron chi connectivity index (χ4n) is 4.73. The number of nitrogens with one attached hydrogen (secondary N) is 2. The van der Waals surface area contributed by atoms with Crippen molar-refractivity contribution >= 4 is 34.7 Å². The van der Waals surface area contributed by atoms with E-state index < -0.39 is 5.41 Å². The number of carbonyl (C=O) groups is 1. The second kappa shape index (κ2) is 9.84. The van der Waals surface area contributed by atoms with E-state index in [0.717, 1.165) is 48.4 Å². The van der Waals surface area contributed by atoms with Gasteiger partial charge in [0, 0.05) is 30.7 Å². The Kier molecular flexibility index (Phi) is 6.72. The van der Waals surface area contributed by atoms with E-state index in [1.165, 1.54) is 0 Å². The van der Waals surface area contributed by atoms with Crippen LogP contribution < -0.4 is 20.3 Å². The minimum Gasteiger partial charge on any atom is -0.456 e. The summed E-state index contributed by atoms with van der Waals surface area (Å²) in [6, 6.07) is 13.2. The number of β-amino-alcohol motifs (C(OH)–C–C–N with tert-alkyl or cyclic N) is 1. The van der Waals surface area contributed by atoms with Gasteiger partial charge >= 0.3 is 0 Å². The number of amides is 1. The molecule has 2 aromatic carbocycles. The normalized spacial score (nSPS) is 15.8. The molecule has 0 saturated heterocycles. The molecule has 194 valence electrons. The fourth-order valence-corrected chi connectivity index (χ4v) is 4.95. The summed E-state index contributed by atoms with van der Waals surface area (Å²) in [5, 5.41) is 16.3. The van der Waals surface area contributed by atoms with Crippen LogP contribution in [0.2, 0.25) is 5.02 Å². The number of nitrogens with zero attached hydrogens (tertiary/aromatic N) is 3. The highest BCUT2D eigenvalue weighted by molar-refractivity contribution is 6.32. The summed E-state index contributed by atoms with van der Waals surface area (Å²) >= 11 is 6.60. The number of ether oxygens (including phenoxy) is 1. The van der Waals surface area contributed by atoms with Gasteiger partial charge in [0.25, 0.3) is 0 Å². The van der Waals surface area contributed by atoms with Gasteiger partial charge in [0.1, 0.15) is 23.5 Å². The van der Waals surface area contributed by atoms with E-state index in [9.17, 15) is 9.90 Å². The van der Waals surface area contributed by atoms with Crippen LogP contribution in [-0.4, -0.2) is 46.2 Å². The molecule has 0 spiro atoms. The van der Waals surface area contributed by atoms with Crippen molar-refractivity contribution in [3.63, 3.8) is 0 Å². The van der Waals surface area contributed by atoms with E-state index in [-0.39, 0.29) is 18.1 Å². The molecule has 37 heavy (non-hydrogen) atoms. The van der Waals surface area contributed by atoms with Crippen LogP contribution in [0.4, 0.5) is 17.2 Å². The summed E-state index contributed by atoms with van der Waals surface area (Å²) in [6.45, 7) is 7.36. The highest BCUT2D eigenvalue weighted by Crippen LogP contribution is 2.49. The van der Waals surface area contributed by atoms with Crippen LogP contribution in [0.3, 0.4) is 0 Å². The lowest BCUT2D eigenvalue weighted by molar-refractivity contribution is -0.125. The van der Waals surface area contributed by atoms with Gasteiger partial charge < -0.3 is 25.4 Å². The summed E-state index contributed by atoms with van der Waals surface area (Å²) in [5.41, 5.74) is 2.81. The molecule has 0 bridgehead atoms. The molecule has 9 heteroatoms. The van der Waals surface area contributed by atoms with Gasteiger partial charge in [-0.2, -0.15) is 0 Å². The van der Waals surface area contributed by atoms with E-state index in [1.54, 1.807) is 12.4 Å². The number of carbonyl (C=O) groups excluding carboxylic acids is 1. The third-order valence-electron chi connectivity index (χ3n) is 6.68. The number of hydrogen-bond acceptors (Lipinski definition) is 7. The Bertz CT molecular complexity index is 1320. The molecule has 1 saturated carbocycles. The number of aromatic nitrogens is 2. The van der Waals surface area contributed by atoms with Crippen LogP contribution in [0, 0.1) is 0 Å². The molecule has 3 N–H and O–H groups in total. The monoisotopic (exact) mass is 521 g/mol. The zero-order chi connectivity index (χ0) is 26.2. The van der Waals surface area contributed by atoms with E-state index in [4.69, 9.17) is 16.3 Å². The van der Waals surface area contributed by atoms with Crippen LogP contribution in [0.5, 0.6) is 11.5 Å². The van der Waals surface area contributed by atoms with Crippen molar-refractivity contribution in [2.24, 2.45) is 0 Å². The maximum Gasteiger partial charge on any atom is 0.231 e. The van der Waals surface area contributed by atoms with Crippen molar-refractivity contribution in [3.8, 4) is 11.5 Å². The Hall–Kier alpha value is -3.36. The predicted molar refractivity (Wildman–Crippen MR) is 145 cm³/mol. The molecule has 0 unspecified atom stereocenters. The number of benzene rings is 2. The first-order valence-electron chi connectivity index (χ1n) is 12.6. The summed E-state index contributed by atoms with van der Waals surface area (Å²) in [7, 11) is 0. The molecule has 1 fully saturated rings. The topological polar surface area (TPSA) is 99.6 Å². The van der Waals surface area contributed by atoms with Gasteiger partial charge in [0.05, 0.1) is 22.7 Å². The van der Waals surface area contributed by atoms with Crippen molar-refractivity contribution in [3.05, 3.63) is 65.1 Å². The summed E-state index contributed by atoms with van der Waals surface area (Å²) in [4.78, 5) is 23.9. The number of aliphatic hydroxyl groups excluding tert-OH is 1. The number of halogens is 1. The second-order valence-electron chi connectivity index (χ2n) is 10.7. The lowest BCUT2D eigenvalue weighted by Gasteiger charge is -2.25. The number of fused-ring (bicyclic) bond motifs is 1. The molecule has 2 aliphatic rings. The van der Waals surface area contributed by atoms with Gasteiger partial charge in [-0.25, -0.2) is 9.97 Å². The fraction of sp³-hybridized carbons (Fsp3) is 0.393. The lowest BCUT2D eigenvalue weighted by Crippen LogP contribution is -2.46. The number of rotatable bonds is 8. The van der Waals surface area contributed by atoms with Gasteiger partial charge in [-0.3, -0.25) is 4.79 Å². The van der Waals surface area contributed by atoms with Crippen LogP contribution in [0.15, 0.2) is 48.8 Å². The zero-order valence-electron chi connectivity index (χ0n) is 21.3. The SMILES string of the molecule is CC(C)(C)NC(=O)C1(c2cccc(Oc3ccc(Nc4ncnc5c4N(CCO)CC5)cc3Cl)c2)CC1. The van der Waals surface area contributed by atoms with Crippen molar-refractivity contribution in [2.45, 2.75) is 51.0 Å². The molecule has 5 rings (SSSR count). The summed E-state index contributed by atoms with van der Waals surface area (Å²) in [6.07, 6.45) is 4.01. The molecule has 0 atom stereocenters. The van der Waals surface area contributed by atoms with E-state index in [1.807, 2.05) is 57.2 Å². The molecule has 1 aromatic heterocycles. The standard InChI is InChI=1S/C28H32ClN5O3/c1-27(2,3)33-26(36)28(10-11-28)18-5-4-6-20(15-18)37-23-8-7-19(16-21(23)29)32-25-24-22(30-17-31-25)9-12-34(24)13-14-35/h4-8,15-17,35H,9-14H2,1-3H3,(H,33,36)(H,30,31,32). The van der Waals surface area contributed by atoms with Crippen molar-refractivity contribution in [2.75, 3.05) is 29.9 Å². The van der Waals surface area contributed by atoms with E-state index in [0.29, 0.717) is 28.9 Å². The zero-order valence-corrected chi connectivity index (χ0v) is 22.1. The first-order chi connectivity index (χ1) is 17.7. The molecule has 1 aliphatic heterocycles. The third-order valence-corrected chi connectivity index (χ3v) is 6.98. The Balaban J connectivity index is 1.32. The number of aliphatic hydroxyl groups is 1. The molecule has 0 radical (unpaired) electrons. The molecule has 8 nitrogen and oxygen atoms in total. The van der Waals surface area contributed by atoms with E-state index >= 15 is 0 Å². The Morgan fingerprint density at radius 1 is 1.19 bits per heavy atom. The summed E-state index contributed by atoms with van der Waals surface area (Å²) in [5.74, 6) is 1.88. The molecule has 1 aliphatic carbocycles. The number of anilines is 3. The Morgan fingerprint density at radius 3 is 2.70 bits per heavy atom. The second-order valence-corrected chi connectivity index (χ2v) is 11.1. The van der Waals surface area contributed by atoms with Gasteiger partial charge in [0.2, 0.25) is 5.91 Å². The highest BCUT2D eigenvalue weighted by atomic mass is 35.5. The lowest BCUT2D eigenvalue weighted by atomic mass is 9.93. The minimum atomic E-state index is -0.494. The molecule has 3 aromatic rings. The molecule has 2 heterocycles. The van der Waals surface area contributed by atoms with Gasteiger partial charge in [0.15, 0.2) is 5.82 Å². The van der Waals surface area contributed by atoms with E-state index in [2.05, 4.69) is 25.5 Å². The first-order valence-corrected chi connectivity index (χ1v) is 12.9. The largest absolute Gasteiger partial charge is 0.456 e. The van der Waals surface area contributed by atoms with Crippen LogP contribution in [-0.2, 0) is 16.6 Å². The van der Waals surface area contributed by atoms with Crippen molar-refractivity contribution in [1.29, 1.82) is 0 Å². The smallest absolute Gasteiger partial charge is 0.231 e. The van der Waals surface area contributed by atoms with Crippen LogP contribution in [0.1, 0.15) is 44.9 Å². The van der Waals surface area contributed by atoms with Gasteiger partial charge in [-0.05, 0) is 69.5 Å². The number of hydrogen-bond donors (Lipinski definition) is 3. The average Bonchev–Trinajstić information content (AvgIpc) is 3.56. The van der Waals surface area contributed by atoms with Crippen molar-refractivity contribution < 1.29 is 14.6 Å². The average molecular weight is 522 g/mol. The maximum absolute atomic E-state index is 13.0. The predicted octanol–water partition coefficient (Wildman–Crippen LogP) is 4.97. The van der Waals surface area contributed by atoms with Crippen LogP contribution >= 0.6 is 11.6 Å². The minimum absolute atomic E-state index is 0.0550. The Labute approximate surface area is 222 Å².